The van der Waals surface area contributed by atoms with Crippen molar-refractivity contribution in [2.24, 2.45) is 0 Å². The number of para-hydroxylation sites is 2. The summed E-state index contributed by atoms with van der Waals surface area (Å²) in [6.45, 7) is 7.90. The van der Waals surface area contributed by atoms with Crippen molar-refractivity contribution in [3.63, 3.8) is 0 Å². The van der Waals surface area contributed by atoms with Crippen molar-refractivity contribution in [2.45, 2.75) is 13.5 Å². The Balaban J connectivity index is 1.18. The molecule has 4 aromatic rings. The first-order valence-electron chi connectivity index (χ1n) is 11.4. The zero-order valence-corrected chi connectivity index (χ0v) is 18.8. The number of nitrogens with zero attached hydrogens (tertiary/aromatic N) is 5. The quantitative estimate of drug-likeness (QED) is 0.497. The normalized spacial score (nSPS) is 14.5. The Morgan fingerprint density at radius 1 is 0.939 bits per heavy atom. The van der Waals surface area contributed by atoms with Crippen LogP contribution in [0.3, 0.4) is 0 Å². The summed E-state index contributed by atoms with van der Waals surface area (Å²) in [5, 5.41) is 2.99. The number of hydrogen-bond donors (Lipinski definition) is 1. The third-order valence-corrected chi connectivity index (χ3v) is 6.27. The summed E-state index contributed by atoms with van der Waals surface area (Å²) in [5.74, 6) is 0.903. The van der Waals surface area contributed by atoms with Crippen molar-refractivity contribution >= 4 is 22.8 Å². The first-order valence-corrected chi connectivity index (χ1v) is 11.4. The van der Waals surface area contributed by atoms with Gasteiger partial charge in [-0.2, -0.15) is 0 Å². The molecule has 0 radical (unpaired) electrons. The summed E-state index contributed by atoms with van der Waals surface area (Å²) in [6, 6.07) is 19.7. The average Bonchev–Trinajstić information content (AvgIpc) is 3.32. The highest BCUT2D eigenvalue weighted by Gasteiger charge is 2.16. The number of anilines is 1. The van der Waals surface area contributed by atoms with Crippen molar-refractivity contribution in [1.29, 1.82) is 0 Å². The molecule has 1 amide bonds. The predicted octanol–water partition coefficient (Wildman–Crippen LogP) is 3.49. The van der Waals surface area contributed by atoms with E-state index in [2.05, 4.69) is 32.0 Å². The molecule has 168 valence electrons. The van der Waals surface area contributed by atoms with Crippen LogP contribution >= 0.6 is 0 Å². The molecule has 2 aromatic carbocycles. The summed E-state index contributed by atoms with van der Waals surface area (Å²) < 4.78 is 2.02. The van der Waals surface area contributed by atoms with Crippen LogP contribution in [0.15, 0.2) is 73.2 Å². The Labute approximate surface area is 193 Å². The maximum absolute atomic E-state index is 12.6. The number of aromatic nitrogens is 3. The summed E-state index contributed by atoms with van der Waals surface area (Å²) in [7, 11) is 0. The van der Waals surface area contributed by atoms with Gasteiger partial charge in [-0.1, -0.05) is 25.1 Å². The van der Waals surface area contributed by atoms with Crippen LogP contribution in [-0.2, 0) is 6.54 Å². The van der Waals surface area contributed by atoms with Crippen molar-refractivity contribution in [1.82, 2.24) is 24.8 Å². The van der Waals surface area contributed by atoms with E-state index >= 15 is 0 Å². The van der Waals surface area contributed by atoms with Gasteiger partial charge in [0.15, 0.2) is 0 Å². The van der Waals surface area contributed by atoms with Gasteiger partial charge in [0.2, 0.25) is 0 Å². The number of rotatable bonds is 6. The van der Waals surface area contributed by atoms with E-state index in [9.17, 15) is 4.79 Å². The lowest BCUT2D eigenvalue weighted by Crippen LogP contribution is -2.46. The smallest absolute Gasteiger partial charge is 0.251 e. The van der Waals surface area contributed by atoms with Crippen LogP contribution in [-0.4, -0.2) is 58.1 Å². The minimum atomic E-state index is -0.100. The van der Waals surface area contributed by atoms with E-state index in [-0.39, 0.29) is 5.91 Å². The number of imidazole rings is 1. The van der Waals surface area contributed by atoms with Crippen LogP contribution in [0.5, 0.6) is 0 Å². The number of carbonyl (C=O) groups is 1. The van der Waals surface area contributed by atoms with Gasteiger partial charge in [-0.25, -0.2) is 9.97 Å². The van der Waals surface area contributed by atoms with E-state index in [1.54, 1.807) is 6.33 Å². The monoisotopic (exact) mass is 440 g/mol. The summed E-state index contributed by atoms with van der Waals surface area (Å²) in [6.07, 6.45) is 3.66. The lowest BCUT2D eigenvalue weighted by atomic mass is 10.2. The van der Waals surface area contributed by atoms with Gasteiger partial charge < -0.3 is 15.1 Å². The molecule has 5 rings (SSSR count). The maximum Gasteiger partial charge on any atom is 0.251 e. The number of piperazine rings is 1. The zero-order chi connectivity index (χ0) is 22.6. The average molecular weight is 441 g/mol. The van der Waals surface area contributed by atoms with E-state index in [0.29, 0.717) is 12.1 Å². The Hall–Kier alpha value is -3.71. The standard InChI is InChI=1S/C26H28N6O/c1-2-30-13-15-31(16-14-30)25-12-7-20(17-27-25)18-28-26(33)21-8-10-22(11-9-21)32-19-29-23-5-3-4-6-24(23)32/h3-12,17,19H,2,13-16,18H2,1H3,(H,28,33). The van der Waals surface area contributed by atoms with Gasteiger partial charge in [0, 0.05) is 50.2 Å². The van der Waals surface area contributed by atoms with Crippen molar-refractivity contribution in [3.8, 4) is 5.69 Å². The third kappa shape index (κ3) is 4.59. The third-order valence-electron chi connectivity index (χ3n) is 6.27. The SMILES string of the molecule is CCN1CCN(c2ccc(CNC(=O)c3ccc(-n4cnc5ccccc54)cc3)cn2)CC1. The van der Waals surface area contributed by atoms with Gasteiger partial charge in [0.1, 0.15) is 12.1 Å². The molecule has 0 atom stereocenters. The van der Waals surface area contributed by atoms with Crippen LogP contribution in [0.4, 0.5) is 5.82 Å². The highest BCUT2D eigenvalue weighted by atomic mass is 16.1. The molecule has 1 saturated heterocycles. The highest BCUT2D eigenvalue weighted by Crippen LogP contribution is 2.18. The second-order valence-corrected chi connectivity index (χ2v) is 8.28. The van der Waals surface area contributed by atoms with Gasteiger partial charge >= 0.3 is 0 Å². The fourth-order valence-electron chi connectivity index (χ4n) is 4.22. The summed E-state index contributed by atoms with van der Waals surface area (Å²) >= 11 is 0. The Kier molecular flexibility index (Phi) is 6.04. The number of fused-ring (bicyclic) bond motifs is 1. The molecule has 0 aliphatic carbocycles. The minimum absolute atomic E-state index is 0.100. The molecule has 33 heavy (non-hydrogen) atoms. The van der Waals surface area contributed by atoms with E-state index in [1.165, 1.54) is 0 Å². The first-order chi connectivity index (χ1) is 16.2. The van der Waals surface area contributed by atoms with E-state index < -0.39 is 0 Å². The van der Waals surface area contributed by atoms with Gasteiger partial charge in [-0.15, -0.1) is 0 Å². The largest absolute Gasteiger partial charge is 0.354 e. The highest BCUT2D eigenvalue weighted by molar-refractivity contribution is 5.94. The number of pyridine rings is 1. The second-order valence-electron chi connectivity index (χ2n) is 8.28. The predicted molar refractivity (Wildman–Crippen MR) is 131 cm³/mol. The Bertz CT molecular complexity index is 1220. The molecule has 1 aliphatic rings. The Morgan fingerprint density at radius 2 is 1.73 bits per heavy atom. The van der Waals surface area contributed by atoms with Crippen molar-refractivity contribution < 1.29 is 4.79 Å². The molecule has 7 heteroatoms. The van der Waals surface area contributed by atoms with Crippen molar-refractivity contribution in [2.75, 3.05) is 37.6 Å². The minimum Gasteiger partial charge on any atom is -0.354 e. The van der Waals surface area contributed by atoms with Gasteiger partial charge in [0.05, 0.1) is 11.0 Å². The number of nitrogens with one attached hydrogen (secondary N) is 1. The summed E-state index contributed by atoms with van der Waals surface area (Å²) in [4.78, 5) is 26.5. The molecule has 2 aromatic heterocycles. The summed E-state index contributed by atoms with van der Waals surface area (Å²) in [5.41, 5.74) is 4.57. The molecular weight excluding hydrogens is 412 g/mol. The number of carbonyl (C=O) groups excluding carboxylic acids is 1. The lowest BCUT2D eigenvalue weighted by Gasteiger charge is -2.34. The van der Waals surface area contributed by atoms with Gasteiger partial charge in [-0.3, -0.25) is 9.36 Å². The molecule has 0 unspecified atom stereocenters. The zero-order valence-electron chi connectivity index (χ0n) is 18.8. The van der Waals surface area contributed by atoms with Gasteiger partial charge in [0.25, 0.3) is 5.91 Å². The fourth-order valence-corrected chi connectivity index (χ4v) is 4.22. The molecule has 1 aliphatic heterocycles. The number of benzene rings is 2. The second kappa shape index (κ2) is 9.42. The van der Waals surface area contributed by atoms with Crippen LogP contribution in [0, 0.1) is 0 Å². The topological polar surface area (TPSA) is 66.3 Å². The molecular formula is C26H28N6O. The number of hydrogen-bond acceptors (Lipinski definition) is 5. The van der Waals surface area contributed by atoms with E-state index in [0.717, 1.165) is 60.8 Å². The molecule has 0 spiro atoms. The molecule has 0 bridgehead atoms. The van der Waals surface area contributed by atoms with Crippen LogP contribution in [0.2, 0.25) is 0 Å². The molecule has 0 saturated carbocycles. The molecule has 1 N–H and O–H groups in total. The van der Waals surface area contributed by atoms with Crippen LogP contribution < -0.4 is 10.2 Å². The number of amides is 1. The first kappa shape index (κ1) is 21.2. The Morgan fingerprint density at radius 3 is 2.45 bits per heavy atom. The number of likely N-dealkylation sites (N-methyl/N-ethyl adjacent to an activating group) is 1. The molecule has 1 fully saturated rings. The molecule has 3 heterocycles. The lowest BCUT2D eigenvalue weighted by molar-refractivity contribution is 0.0951. The maximum atomic E-state index is 12.6. The van der Waals surface area contributed by atoms with Crippen molar-refractivity contribution in [3.05, 3.63) is 84.3 Å². The fraction of sp³-hybridized carbons (Fsp3) is 0.269. The van der Waals surface area contributed by atoms with Crippen LogP contribution in [0.1, 0.15) is 22.8 Å². The van der Waals surface area contributed by atoms with E-state index in [1.807, 2.05) is 71.4 Å². The molecule has 7 nitrogen and oxygen atoms in total. The van der Waals surface area contributed by atoms with E-state index in [4.69, 9.17) is 0 Å². The van der Waals surface area contributed by atoms with Gasteiger partial charge in [-0.05, 0) is 54.6 Å². The van der Waals surface area contributed by atoms with Crippen LogP contribution in [0.25, 0.3) is 16.7 Å².